The Morgan fingerprint density at radius 2 is 1.87 bits per heavy atom. The first kappa shape index (κ1) is 12.2. The summed E-state index contributed by atoms with van der Waals surface area (Å²) in [6.07, 6.45) is 4.63. The topological polar surface area (TPSA) is 80.4 Å². The van der Waals surface area contributed by atoms with Crippen LogP contribution in [0.2, 0.25) is 0 Å². The number of rotatable bonds is 4. The Kier molecular flexibility index (Phi) is 3.85. The summed E-state index contributed by atoms with van der Waals surface area (Å²) in [6.45, 7) is 1.45. The van der Waals surface area contributed by atoms with E-state index in [1.165, 1.54) is 6.92 Å². The van der Waals surface area contributed by atoms with Crippen molar-refractivity contribution in [1.29, 1.82) is 0 Å². The van der Waals surface area contributed by atoms with Crippen molar-refractivity contribution in [2.45, 2.75) is 51.5 Å². The molecule has 0 saturated heterocycles. The molecule has 1 saturated carbocycles. The number of aliphatic carboxylic acids is 1. The SMILES string of the molecule is CC(=O)C(N)C1(CC(=O)O)CCCCC1. The largest absolute Gasteiger partial charge is 0.481 e. The van der Waals surface area contributed by atoms with Crippen LogP contribution in [0.5, 0.6) is 0 Å². The van der Waals surface area contributed by atoms with E-state index in [9.17, 15) is 9.59 Å². The van der Waals surface area contributed by atoms with Crippen LogP contribution in [0.4, 0.5) is 0 Å². The zero-order valence-corrected chi connectivity index (χ0v) is 9.16. The Bertz CT molecular complexity index is 257. The molecule has 0 aromatic rings. The number of Topliss-reactive ketones (excluding diaryl/α,β-unsaturated/α-hetero) is 1. The van der Waals surface area contributed by atoms with Crippen LogP contribution >= 0.6 is 0 Å². The van der Waals surface area contributed by atoms with Crippen molar-refractivity contribution in [3.8, 4) is 0 Å². The standard InChI is InChI=1S/C11H19NO3/c1-8(13)10(12)11(7-9(14)15)5-3-2-4-6-11/h10H,2-7,12H2,1H3,(H,14,15). The Morgan fingerprint density at radius 1 is 1.33 bits per heavy atom. The molecule has 0 heterocycles. The van der Waals surface area contributed by atoms with Gasteiger partial charge in [-0.2, -0.15) is 0 Å². The quantitative estimate of drug-likeness (QED) is 0.738. The number of carboxylic acid groups (broad SMARTS) is 1. The third kappa shape index (κ3) is 2.78. The summed E-state index contributed by atoms with van der Waals surface area (Å²) in [5, 5.41) is 8.89. The van der Waals surface area contributed by atoms with E-state index in [1.54, 1.807) is 0 Å². The normalized spacial score (nSPS) is 22.0. The van der Waals surface area contributed by atoms with E-state index in [2.05, 4.69) is 0 Å². The molecule has 1 atom stereocenters. The van der Waals surface area contributed by atoms with Crippen molar-refractivity contribution in [1.82, 2.24) is 0 Å². The van der Waals surface area contributed by atoms with Gasteiger partial charge in [-0.3, -0.25) is 9.59 Å². The van der Waals surface area contributed by atoms with E-state index in [0.717, 1.165) is 32.1 Å². The number of hydrogen-bond acceptors (Lipinski definition) is 3. The van der Waals surface area contributed by atoms with Crippen molar-refractivity contribution < 1.29 is 14.7 Å². The molecule has 1 aliphatic carbocycles. The number of nitrogens with two attached hydrogens (primary N) is 1. The van der Waals surface area contributed by atoms with Crippen LogP contribution in [0.25, 0.3) is 0 Å². The van der Waals surface area contributed by atoms with Gasteiger partial charge in [-0.1, -0.05) is 19.3 Å². The zero-order valence-electron chi connectivity index (χ0n) is 9.16. The van der Waals surface area contributed by atoms with E-state index in [-0.39, 0.29) is 12.2 Å². The van der Waals surface area contributed by atoms with E-state index in [1.807, 2.05) is 0 Å². The van der Waals surface area contributed by atoms with Crippen molar-refractivity contribution in [2.24, 2.45) is 11.1 Å². The number of carbonyl (C=O) groups is 2. The van der Waals surface area contributed by atoms with Gasteiger partial charge in [-0.25, -0.2) is 0 Å². The molecule has 4 nitrogen and oxygen atoms in total. The van der Waals surface area contributed by atoms with E-state index < -0.39 is 17.4 Å². The summed E-state index contributed by atoms with van der Waals surface area (Å²) in [4.78, 5) is 22.1. The minimum Gasteiger partial charge on any atom is -0.481 e. The van der Waals surface area contributed by atoms with Crippen LogP contribution in [-0.4, -0.2) is 22.9 Å². The Balaban J connectivity index is 2.83. The van der Waals surface area contributed by atoms with Crippen molar-refractivity contribution in [2.75, 3.05) is 0 Å². The fourth-order valence-corrected chi connectivity index (χ4v) is 2.59. The first-order valence-electron chi connectivity index (χ1n) is 5.46. The summed E-state index contributed by atoms with van der Waals surface area (Å²) in [5.74, 6) is -0.952. The molecule has 4 heteroatoms. The molecule has 15 heavy (non-hydrogen) atoms. The van der Waals surface area contributed by atoms with Crippen LogP contribution in [-0.2, 0) is 9.59 Å². The predicted octanol–water partition coefficient (Wildman–Crippen LogP) is 1.33. The molecule has 86 valence electrons. The first-order valence-corrected chi connectivity index (χ1v) is 5.46. The third-order valence-electron chi connectivity index (χ3n) is 3.45. The van der Waals surface area contributed by atoms with E-state index in [0.29, 0.717) is 0 Å². The highest BCUT2D eigenvalue weighted by molar-refractivity contribution is 5.83. The molecular formula is C11H19NO3. The molecule has 0 amide bonds. The third-order valence-corrected chi connectivity index (χ3v) is 3.45. The Morgan fingerprint density at radius 3 is 2.27 bits per heavy atom. The lowest BCUT2D eigenvalue weighted by atomic mass is 9.66. The number of carboxylic acids is 1. The van der Waals surface area contributed by atoms with Gasteiger partial charge < -0.3 is 10.8 Å². The molecule has 1 aliphatic rings. The second-order valence-electron chi connectivity index (χ2n) is 4.58. The molecule has 0 aromatic heterocycles. The van der Waals surface area contributed by atoms with Gasteiger partial charge in [-0.15, -0.1) is 0 Å². The smallest absolute Gasteiger partial charge is 0.303 e. The van der Waals surface area contributed by atoms with Gasteiger partial charge in [0.25, 0.3) is 0 Å². The molecule has 0 spiro atoms. The average Bonchev–Trinajstić information content (AvgIpc) is 2.16. The average molecular weight is 213 g/mol. The van der Waals surface area contributed by atoms with Gasteiger partial charge in [0, 0.05) is 5.41 Å². The minimum atomic E-state index is -0.853. The fourth-order valence-electron chi connectivity index (χ4n) is 2.59. The highest BCUT2D eigenvalue weighted by Gasteiger charge is 2.41. The highest BCUT2D eigenvalue weighted by atomic mass is 16.4. The van der Waals surface area contributed by atoms with Gasteiger partial charge in [-0.05, 0) is 19.8 Å². The van der Waals surface area contributed by atoms with Gasteiger partial charge in [0.1, 0.15) is 5.78 Å². The molecule has 1 fully saturated rings. The van der Waals surface area contributed by atoms with Crippen LogP contribution in [0.15, 0.2) is 0 Å². The van der Waals surface area contributed by atoms with Crippen LogP contribution in [0.3, 0.4) is 0 Å². The molecule has 0 bridgehead atoms. The lowest BCUT2D eigenvalue weighted by molar-refractivity contribution is -0.141. The van der Waals surface area contributed by atoms with Crippen LogP contribution < -0.4 is 5.73 Å². The van der Waals surface area contributed by atoms with Gasteiger partial charge in [0.2, 0.25) is 0 Å². The number of ketones is 1. The Labute approximate surface area is 89.8 Å². The predicted molar refractivity (Wildman–Crippen MR) is 56.4 cm³/mol. The molecular weight excluding hydrogens is 194 g/mol. The molecule has 0 radical (unpaired) electrons. The Hall–Kier alpha value is -0.900. The maximum atomic E-state index is 11.3. The lowest BCUT2D eigenvalue weighted by Gasteiger charge is -2.39. The summed E-state index contributed by atoms with van der Waals surface area (Å²) in [5.41, 5.74) is 5.37. The minimum absolute atomic E-state index is 0.0216. The van der Waals surface area contributed by atoms with Gasteiger partial charge in [0.15, 0.2) is 0 Å². The monoisotopic (exact) mass is 213 g/mol. The fraction of sp³-hybridized carbons (Fsp3) is 0.818. The maximum absolute atomic E-state index is 11.3. The summed E-state index contributed by atoms with van der Waals surface area (Å²) >= 11 is 0. The summed E-state index contributed by atoms with van der Waals surface area (Å²) in [7, 11) is 0. The molecule has 3 N–H and O–H groups in total. The number of hydrogen-bond donors (Lipinski definition) is 2. The molecule has 0 aromatic carbocycles. The highest BCUT2D eigenvalue weighted by Crippen LogP contribution is 2.41. The first-order chi connectivity index (χ1) is 6.98. The van der Waals surface area contributed by atoms with Gasteiger partial charge >= 0.3 is 5.97 Å². The second-order valence-corrected chi connectivity index (χ2v) is 4.58. The van der Waals surface area contributed by atoms with Crippen molar-refractivity contribution in [3.05, 3.63) is 0 Å². The maximum Gasteiger partial charge on any atom is 0.303 e. The lowest BCUT2D eigenvalue weighted by Crippen LogP contribution is -2.48. The number of carbonyl (C=O) groups excluding carboxylic acids is 1. The van der Waals surface area contributed by atoms with Crippen molar-refractivity contribution >= 4 is 11.8 Å². The molecule has 0 aliphatic heterocycles. The summed E-state index contributed by atoms with van der Waals surface area (Å²) in [6, 6.07) is -0.617. The zero-order chi connectivity index (χ0) is 11.5. The summed E-state index contributed by atoms with van der Waals surface area (Å²) < 4.78 is 0. The van der Waals surface area contributed by atoms with Crippen LogP contribution in [0, 0.1) is 5.41 Å². The molecule has 1 rings (SSSR count). The molecule has 1 unspecified atom stereocenters. The van der Waals surface area contributed by atoms with Crippen LogP contribution in [0.1, 0.15) is 45.4 Å². The van der Waals surface area contributed by atoms with E-state index >= 15 is 0 Å². The van der Waals surface area contributed by atoms with Crippen molar-refractivity contribution in [3.63, 3.8) is 0 Å². The van der Waals surface area contributed by atoms with E-state index in [4.69, 9.17) is 10.8 Å². The second kappa shape index (κ2) is 4.75. The van der Waals surface area contributed by atoms with Gasteiger partial charge in [0.05, 0.1) is 12.5 Å².